The molecule has 0 aromatic carbocycles. The summed E-state index contributed by atoms with van der Waals surface area (Å²) in [6, 6.07) is 0. The topological polar surface area (TPSA) is 438 Å². The average Bonchev–Trinajstić information content (AvgIpc) is 3.71. The number of nitrogens with one attached hydrogen (secondary N) is 2. The van der Waals surface area contributed by atoms with Gasteiger partial charge in [-0.2, -0.15) is 4.31 Å². The minimum atomic E-state index is -5.61. The van der Waals surface area contributed by atoms with Gasteiger partial charge in [0.15, 0.2) is 17.7 Å². The molecule has 1 fully saturated rings. The Morgan fingerprint density at radius 2 is 1.67 bits per heavy atom. The number of phosphoric ester groups is 3. The first-order chi connectivity index (χ1) is 28.2. The number of Topliss-reactive ketones (excluding diaryl/α,β-unsaturated/α-hetero) is 1. The number of carbonyl (C=O) groups is 5. The summed E-state index contributed by atoms with van der Waals surface area (Å²) in [6.45, 7) is -0.0631. The zero-order valence-electron chi connectivity index (χ0n) is 32.2. The average molecular weight is 954 g/mol. The third-order valence-electron chi connectivity index (χ3n) is 8.31. The highest BCUT2D eigenvalue weighted by atomic mass is 32.2. The number of amides is 2. The molecule has 1 saturated heterocycles. The number of aliphatic hydroxyl groups excluding tert-OH is 3. The molecule has 3 unspecified atom stereocenters. The standard InChI is InChI=1S/C29H46N7O21P3S/c1-29(2,23(43)26(44)32-7-6-18(39)31-8-9-61-28(45)16(38)10-15(37)4-3-5-19(40)41)12-54-60(51,52)57-59(49,50)53-11-17-22(56-58(46,47)48)21(42)27(55-17)36-14-35-20-24(30)33-13-34-25(20)36/h13-15,17,21-23,27,37,42-43H,3-12H2,1-2H3,(H,31,39)(H,32,44)(H,40,41)(H,49,50)(H,51,52)(H2,30,33,34)(H2,46,47,48)/t15?,17-,21-,22-,23+,27-/m1/s1. The number of thioether (sulfide) groups is 1. The van der Waals surface area contributed by atoms with Crippen molar-refractivity contribution in [1.82, 2.24) is 30.2 Å². The van der Waals surface area contributed by atoms with Crippen molar-refractivity contribution in [2.75, 3.05) is 37.8 Å². The summed E-state index contributed by atoms with van der Waals surface area (Å²) in [5, 5.41) is 43.7. The smallest absolute Gasteiger partial charge is 0.481 e. The van der Waals surface area contributed by atoms with Gasteiger partial charge in [-0.1, -0.05) is 25.6 Å². The largest absolute Gasteiger partial charge is 0.481 e. The number of nitrogens with two attached hydrogens (primary N) is 1. The van der Waals surface area contributed by atoms with Crippen LogP contribution < -0.4 is 16.4 Å². The van der Waals surface area contributed by atoms with Crippen molar-refractivity contribution in [1.29, 1.82) is 0 Å². The molecule has 1 aliphatic rings. The normalized spacial score (nSPS) is 21.3. The number of aliphatic hydroxyl groups is 3. The van der Waals surface area contributed by atoms with Crippen molar-refractivity contribution in [2.45, 2.75) is 82.7 Å². The lowest BCUT2D eigenvalue weighted by molar-refractivity contribution is -0.138. The van der Waals surface area contributed by atoms with Crippen LogP contribution in [0.2, 0.25) is 0 Å². The lowest BCUT2D eigenvalue weighted by Crippen LogP contribution is -2.46. The number of ether oxygens (including phenoxy) is 1. The highest BCUT2D eigenvalue weighted by molar-refractivity contribution is 8.15. The minimum Gasteiger partial charge on any atom is -0.481 e. The highest BCUT2D eigenvalue weighted by Gasteiger charge is 2.50. The Morgan fingerprint density at radius 3 is 2.33 bits per heavy atom. The van der Waals surface area contributed by atoms with E-state index < -0.39 is 114 Å². The zero-order chi connectivity index (χ0) is 45.9. The molecular formula is C29H46N7O21P3S. The van der Waals surface area contributed by atoms with Crippen molar-refractivity contribution in [3.8, 4) is 0 Å². The Balaban J connectivity index is 1.43. The number of imidazole rings is 1. The van der Waals surface area contributed by atoms with Gasteiger partial charge in [0, 0.05) is 43.5 Å². The van der Waals surface area contributed by atoms with E-state index in [1.165, 1.54) is 13.8 Å². The molecular weight excluding hydrogens is 907 g/mol. The number of nitrogen functional groups attached to an aromatic ring is 1. The second-order valence-electron chi connectivity index (χ2n) is 13.8. The van der Waals surface area contributed by atoms with Crippen LogP contribution in [0.3, 0.4) is 0 Å². The van der Waals surface area contributed by atoms with Crippen LogP contribution in [0.1, 0.15) is 52.2 Å². The van der Waals surface area contributed by atoms with E-state index >= 15 is 0 Å². The summed E-state index contributed by atoms with van der Waals surface area (Å²) in [5.74, 6) is -3.64. The number of carboxylic acids is 1. The monoisotopic (exact) mass is 953 g/mol. The molecule has 0 radical (unpaired) electrons. The summed E-state index contributed by atoms with van der Waals surface area (Å²) >= 11 is 0.594. The van der Waals surface area contributed by atoms with E-state index in [1.807, 2.05) is 0 Å². The molecule has 344 valence electrons. The summed E-state index contributed by atoms with van der Waals surface area (Å²) in [7, 11) is -16.5. The molecule has 0 aliphatic carbocycles. The van der Waals surface area contributed by atoms with E-state index in [4.69, 9.17) is 24.6 Å². The highest BCUT2D eigenvalue weighted by Crippen LogP contribution is 2.61. The van der Waals surface area contributed by atoms with Gasteiger partial charge >= 0.3 is 29.4 Å². The lowest BCUT2D eigenvalue weighted by Gasteiger charge is -2.30. The molecule has 0 bridgehead atoms. The number of hydrogen-bond acceptors (Lipinski definition) is 21. The minimum absolute atomic E-state index is 0.00685. The number of nitrogens with zero attached hydrogens (tertiary/aromatic N) is 4. The quantitative estimate of drug-likeness (QED) is 0.0283. The van der Waals surface area contributed by atoms with Gasteiger partial charge < -0.3 is 61.1 Å². The number of aliphatic carboxylic acids is 1. The number of carbonyl (C=O) groups excluding carboxylic acids is 4. The summed E-state index contributed by atoms with van der Waals surface area (Å²) in [6.07, 6.45) is -8.96. The Hall–Kier alpha value is -3.34. The van der Waals surface area contributed by atoms with E-state index in [-0.39, 0.29) is 61.5 Å². The maximum atomic E-state index is 12.7. The first-order valence-corrected chi connectivity index (χ1v) is 23.2. The van der Waals surface area contributed by atoms with Gasteiger partial charge in [0.2, 0.25) is 17.6 Å². The first-order valence-electron chi connectivity index (χ1n) is 17.7. The molecule has 32 heteroatoms. The van der Waals surface area contributed by atoms with Crippen LogP contribution in [0.5, 0.6) is 0 Å². The number of anilines is 1. The maximum absolute atomic E-state index is 12.7. The third kappa shape index (κ3) is 16.7. The number of ketones is 1. The number of fused-ring (bicyclic) bond motifs is 1. The van der Waals surface area contributed by atoms with Gasteiger partial charge in [0.25, 0.3) is 5.12 Å². The zero-order valence-corrected chi connectivity index (χ0v) is 35.7. The SMILES string of the molecule is CC(C)(COP(=O)(O)OP(=O)(O)OC[C@H]1O[C@@H](n2cnc3c(N)ncnc32)[C@H](O)[C@@H]1OP(=O)(O)O)[C@@H](O)C(=O)NCCC(=O)NCCSC(=O)C(=O)CC(O)CCCC(=O)O. The molecule has 3 heterocycles. The molecule has 28 nitrogen and oxygen atoms in total. The van der Waals surface area contributed by atoms with Crippen molar-refractivity contribution in [2.24, 2.45) is 5.41 Å². The van der Waals surface area contributed by atoms with Crippen LogP contribution in [0.4, 0.5) is 5.82 Å². The van der Waals surface area contributed by atoms with Crippen LogP contribution in [0.15, 0.2) is 12.7 Å². The molecule has 0 saturated carbocycles. The third-order valence-corrected chi connectivity index (χ3v) is 12.3. The fraction of sp³-hybridized carbons (Fsp3) is 0.655. The Labute approximate surface area is 349 Å². The molecule has 2 amide bonds. The second-order valence-corrected chi connectivity index (χ2v) is 19.1. The van der Waals surface area contributed by atoms with Crippen molar-refractivity contribution >= 4 is 80.9 Å². The van der Waals surface area contributed by atoms with E-state index in [9.17, 15) is 72.6 Å². The first kappa shape index (κ1) is 52.0. The Kier molecular flexibility index (Phi) is 19.0. The molecule has 2 aromatic heterocycles. The van der Waals surface area contributed by atoms with E-state index in [0.717, 1.165) is 17.2 Å². The number of hydrogen-bond donors (Lipinski definition) is 11. The maximum Gasteiger partial charge on any atom is 0.481 e. The van der Waals surface area contributed by atoms with E-state index in [2.05, 4.69) is 34.4 Å². The molecule has 2 aromatic rings. The summed E-state index contributed by atoms with van der Waals surface area (Å²) in [5.41, 5.74) is 4.15. The second kappa shape index (κ2) is 22.3. The summed E-state index contributed by atoms with van der Waals surface area (Å²) < 4.78 is 62.0. The molecule has 12 N–H and O–H groups in total. The summed E-state index contributed by atoms with van der Waals surface area (Å²) in [4.78, 5) is 110. The van der Waals surface area contributed by atoms with Crippen LogP contribution >= 0.6 is 35.2 Å². The van der Waals surface area contributed by atoms with Gasteiger partial charge in [-0.05, 0) is 12.8 Å². The van der Waals surface area contributed by atoms with Crippen LogP contribution in [0, 0.1) is 5.41 Å². The van der Waals surface area contributed by atoms with Crippen LogP contribution in [-0.4, -0.2) is 151 Å². The van der Waals surface area contributed by atoms with Gasteiger partial charge in [0.05, 0.1) is 25.6 Å². The van der Waals surface area contributed by atoms with Gasteiger partial charge in [-0.15, -0.1) is 0 Å². The Bertz CT molecular complexity index is 2040. The predicted octanol–water partition coefficient (Wildman–Crippen LogP) is -1.76. The molecule has 8 atom stereocenters. The number of rotatable bonds is 26. The van der Waals surface area contributed by atoms with Crippen molar-refractivity contribution in [3.05, 3.63) is 12.7 Å². The molecule has 1 aliphatic heterocycles. The van der Waals surface area contributed by atoms with Crippen LogP contribution in [-0.2, 0) is 60.3 Å². The van der Waals surface area contributed by atoms with Crippen molar-refractivity contribution in [3.63, 3.8) is 0 Å². The number of carboxylic acid groups (broad SMARTS) is 1. The van der Waals surface area contributed by atoms with E-state index in [1.54, 1.807) is 0 Å². The lowest BCUT2D eigenvalue weighted by atomic mass is 9.87. The molecule has 61 heavy (non-hydrogen) atoms. The van der Waals surface area contributed by atoms with E-state index in [0.29, 0.717) is 11.8 Å². The number of phosphoric acid groups is 3. The molecule has 3 rings (SSSR count). The van der Waals surface area contributed by atoms with Gasteiger partial charge in [-0.25, -0.2) is 28.6 Å². The number of aromatic nitrogens is 4. The fourth-order valence-electron chi connectivity index (χ4n) is 5.24. The molecule has 0 spiro atoms. The fourth-order valence-corrected chi connectivity index (χ4v) is 8.71. The Morgan fingerprint density at radius 1 is 1.00 bits per heavy atom. The van der Waals surface area contributed by atoms with Crippen LogP contribution in [0.25, 0.3) is 11.2 Å². The predicted molar refractivity (Wildman–Crippen MR) is 204 cm³/mol. The van der Waals surface area contributed by atoms with Gasteiger partial charge in [0.1, 0.15) is 36.3 Å². The van der Waals surface area contributed by atoms with Crippen molar-refractivity contribution < 1.29 is 100 Å². The van der Waals surface area contributed by atoms with Gasteiger partial charge in [-0.3, -0.25) is 42.1 Å².